The first-order valence-corrected chi connectivity index (χ1v) is 10.2. The molecule has 0 radical (unpaired) electrons. The summed E-state index contributed by atoms with van der Waals surface area (Å²) in [5.41, 5.74) is 3.19. The van der Waals surface area contributed by atoms with Crippen LogP contribution in [0.15, 0.2) is 81.9 Å². The number of H-pyrrole nitrogens is 1. The monoisotopic (exact) mass is 405 g/mol. The second kappa shape index (κ2) is 8.41. The van der Waals surface area contributed by atoms with Gasteiger partial charge in [-0.2, -0.15) is 0 Å². The molecule has 0 unspecified atom stereocenters. The number of halogens is 1. The van der Waals surface area contributed by atoms with E-state index in [0.717, 1.165) is 12.0 Å². The van der Waals surface area contributed by atoms with Gasteiger partial charge in [0.15, 0.2) is 0 Å². The van der Waals surface area contributed by atoms with E-state index in [-0.39, 0.29) is 11.4 Å². The molecule has 0 aliphatic rings. The number of benzene rings is 2. The van der Waals surface area contributed by atoms with Crippen molar-refractivity contribution in [1.82, 2.24) is 9.78 Å². The molecule has 4 rings (SSSR count). The van der Waals surface area contributed by atoms with Gasteiger partial charge in [0.2, 0.25) is 0 Å². The molecule has 2 aromatic carbocycles. The highest BCUT2D eigenvalue weighted by Gasteiger charge is 2.19. The van der Waals surface area contributed by atoms with E-state index in [9.17, 15) is 9.18 Å². The standard InChI is InChI=1S/C23H20FN3OS/c1-16(25-14-13-20-8-5-15-29-20)21-22(17-6-3-2-4-7-17)26-27(23(21)28)19-11-9-18(24)10-12-19/h2-12,15,26H,13-14H2,1H3. The number of aromatic nitrogens is 2. The average Bonchev–Trinajstić information content (AvgIpc) is 3.37. The van der Waals surface area contributed by atoms with Crippen molar-refractivity contribution in [2.24, 2.45) is 4.99 Å². The van der Waals surface area contributed by atoms with Crippen molar-refractivity contribution in [1.29, 1.82) is 0 Å². The molecule has 2 aromatic heterocycles. The first-order valence-electron chi connectivity index (χ1n) is 9.33. The number of nitrogens with one attached hydrogen (secondary N) is 1. The van der Waals surface area contributed by atoms with E-state index in [4.69, 9.17) is 0 Å². The summed E-state index contributed by atoms with van der Waals surface area (Å²) in [6.07, 6.45) is 0.840. The Labute approximate surface area is 172 Å². The van der Waals surface area contributed by atoms with Crippen LogP contribution in [0, 0.1) is 5.82 Å². The molecule has 0 amide bonds. The Kier molecular flexibility index (Phi) is 5.53. The lowest BCUT2D eigenvalue weighted by molar-refractivity contribution is 0.627. The Morgan fingerprint density at radius 2 is 1.83 bits per heavy atom. The van der Waals surface area contributed by atoms with Gasteiger partial charge in [0.25, 0.3) is 5.56 Å². The van der Waals surface area contributed by atoms with Crippen LogP contribution in [0.2, 0.25) is 0 Å². The molecule has 0 spiro atoms. The van der Waals surface area contributed by atoms with Crippen molar-refractivity contribution in [2.45, 2.75) is 13.3 Å². The molecule has 1 N–H and O–H groups in total. The van der Waals surface area contributed by atoms with Gasteiger partial charge in [-0.1, -0.05) is 36.4 Å². The fourth-order valence-electron chi connectivity index (χ4n) is 3.23. The Morgan fingerprint density at radius 1 is 1.07 bits per heavy atom. The molecule has 146 valence electrons. The van der Waals surface area contributed by atoms with Gasteiger partial charge >= 0.3 is 0 Å². The zero-order chi connectivity index (χ0) is 20.2. The maximum Gasteiger partial charge on any atom is 0.280 e. The van der Waals surface area contributed by atoms with Crippen LogP contribution in [0.5, 0.6) is 0 Å². The highest BCUT2D eigenvalue weighted by atomic mass is 32.1. The summed E-state index contributed by atoms with van der Waals surface area (Å²) in [5, 5.41) is 5.24. The van der Waals surface area contributed by atoms with Crippen molar-refractivity contribution in [3.63, 3.8) is 0 Å². The molecule has 2 heterocycles. The van der Waals surface area contributed by atoms with Crippen molar-refractivity contribution in [2.75, 3.05) is 6.54 Å². The van der Waals surface area contributed by atoms with Gasteiger partial charge < -0.3 is 0 Å². The predicted octanol–water partition coefficient (Wildman–Crippen LogP) is 5.08. The van der Waals surface area contributed by atoms with Crippen molar-refractivity contribution < 1.29 is 4.39 Å². The average molecular weight is 405 g/mol. The number of rotatable bonds is 6. The van der Waals surface area contributed by atoms with E-state index < -0.39 is 0 Å². The number of hydrogen-bond acceptors (Lipinski definition) is 3. The summed E-state index contributed by atoms with van der Waals surface area (Å²) < 4.78 is 14.8. The molecule has 0 fully saturated rings. The Hall–Kier alpha value is -3.25. The molecule has 29 heavy (non-hydrogen) atoms. The van der Waals surface area contributed by atoms with Crippen molar-refractivity contribution >= 4 is 17.0 Å². The number of hydrogen-bond donors (Lipinski definition) is 1. The number of aliphatic imine (C=N–C) groups is 1. The van der Waals surface area contributed by atoms with E-state index in [2.05, 4.69) is 16.2 Å². The summed E-state index contributed by atoms with van der Waals surface area (Å²) in [5.74, 6) is -0.344. The van der Waals surface area contributed by atoms with E-state index in [0.29, 0.717) is 29.2 Å². The summed E-state index contributed by atoms with van der Waals surface area (Å²) in [7, 11) is 0. The normalized spacial score (nSPS) is 11.7. The molecule has 6 heteroatoms. The quantitative estimate of drug-likeness (QED) is 0.447. The van der Waals surface area contributed by atoms with Gasteiger partial charge in [-0.25, -0.2) is 9.07 Å². The highest BCUT2D eigenvalue weighted by molar-refractivity contribution is 7.09. The second-order valence-corrected chi connectivity index (χ2v) is 7.67. The third-order valence-corrected chi connectivity index (χ3v) is 5.62. The van der Waals surface area contributed by atoms with E-state index >= 15 is 0 Å². The number of thiophene rings is 1. The Balaban J connectivity index is 1.76. The minimum atomic E-state index is -0.344. The van der Waals surface area contributed by atoms with Crippen LogP contribution in [0.4, 0.5) is 4.39 Å². The molecule has 0 saturated heterocycles. The second-order valence-electron chi connectivity index (χ2n) is 6.64. The van der Waals surface area contributed by atoms with Gasteiger partial charge in [-0.05, 0) is 42.6 Å². The predicted molar refractivity (Wildman–Crippen MR) is 117 cm³/mol. The van der Waals surface area contributed by atoms with Gasteiger partial charge in [0.05, 0.1) is 16.9 Å². The topological polar surface area (TPSA) is 50.1 Å². The molecular formula is C23H20FN3OS. The number of nitrogens with zero attached hydrogens (tertiary/aromatic N) is 2. The van der Waals surface area contributed by atoms with Crippen LogP contribution in [-0.2, 0) is 6.42 Å². The maximum absolute atomic E-state index is 13.3. The van der Waals surface area contributed by atoms with E-state index in [1.54, 1.807) is 23.5 Å². The van der Waals surface area contributed by atoms with Gasteiger partial charge in [0, 0.05) is 29.1 Å². The van der Waals surface area contributed by atoms with Crippen LogP contribution >= 0.6 is 11.3 Å². The van der Waals surface area contributed by atoms with Crippen molar-refractivity contribution in [3.05, 3.63) is 98.7 Å². The zero-order valence-corrected chi connectivity index (χ0v) is 16.7. The van der Waals surface area contributed by atoms with E-state index in [1.807, 2.05) is 48.7 Å². The van der Waals surface area contributed by atoms with Gasteiger partial charge in [0.1, 0.15) is 5.82 Å². The summed E-state index contributed by atoms with van der Waals surface area (Å²) in [4.78, 5) is 19.2. The third-order valence-electron chi connectivity index (χ3n) is 4.69. The lowest BCUT2D eigenvalue weighted by Crippen LogP contribution is -2.19. The SMILES string of the molecule is CC(=NCCc1cccs1)c1c(-c2ccccc2)[nH]n(-c2ccc(F)cc2)c1=O. The molecule has 0 saturated carbocycles. The first-order chi connectivity index (χ1) is 14.1. The van der Waals surface area contributed by atoms with E-state index in [1.165, 1.54) is 21.7 Å². The molecule has 0 aliphatic carbocycles. The van der Waals surface area contributed by atoms with Crippen LogP contribution in [0.25, 0.3) is 16.9 Å². The summed E-state index contributed by atoms with van der Waals surface area (Å²) >= 11 is 1.70. The molecular weight excluding hydrogens is 385 g/mol. The number of aromatic amines is 1. The first kappa shape index (κ1) is 19.1. The van der Waals surface area contributed by atoms with Crippen molar-refractivity contribution in [3.8, 4) is 16.9 Å². The van der Waals surface area contributed by atoms with Crippen LogP contribution in [0.1, 0.15) is 17.4 Å². The third kappa shape index (κ3) is 4.12. The maximum atomic E-state index is 13.3. The van der Waals surface area contributed by atoms with Crippen LogP contribution < -0.4 is 5.56 Å². The fourth-order valence-corrected chi connectivity index (χ4v) is 3.92. The Bertz CT molecular complexity index is 1170. The fraction of sp³-hybridized carbons (Fsp3) is 0.130. The van der Waals surface area contributed by atoms with Crippen LogP contribution in [-0.4, -0.2) is 22.0 Å². The summed E-state index contributed by atoms with van der Waals surface area (Å²) in [6.45, 7) is 2.47. The smallest absolute Gasteiger partial charge is 0.280 e. The molecule has 0 aliphatic heterocycles. The molecule has 4 aromatic rings. The van der Waals surface area contributed by atoms with Gasteiger partial charge in [-0.15, -0.1) is 11.3 Å². The molecule has 0 atom stereocenters. The minimum absolute atomic E-state index is 0.201. The summed E-state index contributed by atoms with van der Waals surface area (Å²) in [6, 6.07) is 19.6. The van der Waals surface area contributed by atoms with Gasteiger partial charge in [-0.3, -0.25) is 14.9 Å². The minimum Gasteiger partial charge on any atom is -0.290 e. The molecule has 4 nitrogen and oxygen atoms in total. The lowest BCUT2D eigenvalue weighted by Gasteiger charge is -2.03. The molecule has 0 bridgehead atoms. The zero-order valence-electron chi connectivity index (χ0n) is 15.9. The highest BCUT2D eigenvalue weighted by Crippen LogP contribution is 2.21. The lowest BCUT2D eigenvalue weighted by atomic mass is 10.1. The van der Waals surface area contributed by atoms with Crippen LogP contribution in [0.3, 0.4) is 0 Å². The Morgan fingerprint density at radius 3 is 2.52 bits per heavy atom. The largest absolute Gasteiger partial charge is 0.290 e.